The van der Waals surface area contributed by atoms with E-state index in [-0.39, 0.29) is 5.91 Å². The van der Waals surface area contributed by atoms with Crippen molar-refractivity contribution in [2.24, 2.45) is 0 Å². The van der Waals surface area contributed by atoms with Gasteiger partial charge in [0.2, 0.25) is 5.91 Å². The molecule has 0 aliphatic rings. The molecule has 1 amide bonds. The van der Waals surface area contributed by atoms with Gasteiger partial charge in [0.05, 0.1) is 7.11 Å². The molecule has 0 atom stereocenters. The molecule has 0 aromatic heterocycles. The molecule has 2 N–H and O–H groups in total. The molecule has 0 spiro atoms. The zero-order chi connectivity index (χ0) is 13.4. The lowest BCUT2D eigenvalue weighted by atomic mass is 10.2. The topological polar surface area (TPSA) is 50.4 Å². The van der Waals surface area contributed by atoms with Crippen molar-refractivity contribution in [2.45, 2.75) is 32.9 Å². The SMILES string of the molecule is COc1ccccc1CNC(=O)CCNC(C)C. The molecule has 1 aromatic carbocycles. The van der Waals surface area contributed by atoms with Crippen LogP contribution in [0.2, 0.25) is 0 Å². The number of rotatable bonds is 7. The van der Waals surface area contributed by atoms with Gasteiger partial charge < -0.3 is 15.4 Å². The molecule has 0 aliphatic heterocycles. The number of carbonyl (C=O) groups excluding carboxylic acids is 1. The summed E-state index contributed by atoms with van der Waals surface area (Å²) in [5, 5.41) is 6.10. The van der Waals surface area contributed by atoms with E-state index in [1.807, 2.05) is 24.3 Å². The summed E-state index contributed by atoms with van der Waals surface area (Å²) < 4.78 is 5.23. The first-order valence-corrected chi connectivity index (χ1v) is 6.25. The van der Waals surface area contributed by atoms with E-state index in [0.29, 0.717) is 25.6 Å². The van der Waals surface area contributed by atoms with Gasteiger partial charge in [0.25, 0.3) is 0 Å². The maximum atomic E-state index is 11.6. The monoisotopic (exact) mass is 250 g/mol. The van der Waals surface area contributed by atoms with Gasteiger partial charge in [-0.2, -0.15) is 0 Å². The van der Waals surface area contributed by atoms with E-state index in [0.717, 1.165) is 11.3 Å². The fourth-order valence-corrected chi connectivity index (χ4v) is 1.61. The molecule has 0 heterocycles. The molecular weight excluding hydrogens is 228 g/mol. The normalized spacial score (nSPS) is 10.4. The number of hydrogen-bond acceptors (Lipinski definition) is 3. The van der Waals surface area contributed by atoms with Gasteiger partial charge in [0.1, 0.15) is 5.75 Å². The predicted molar refractivity (Wildman–Crippen MR) is 72.6 cm³/mol. The third-order valence-corrected chi connectivity index (χ3v) is 2.57. The van der Waals surface area contributed by atoms with E-state index in [1.54, 1.807) is 7.11 Å². The van der Waals surface area contributed by atoms with Crippen LogP contribution in [0, 0.1) is 0 Å². The smallest absolute Gasteiger partial charge is 0.221 e. The number of ether oxygens (including phenoxy) is 1. The molecule has 18 heavy (non-hydrogen) atoms. The molecule has 0 radical (unpaired) electrons. The molecule has 0 bridgehead atoms. The van der Waals surface area contributed by atoms with Crippen LogP contribution in [-0.2, 0) is 11.3 Å². The maximum absolute atomic E-state index is 11.6. The predicted octanol–water partition coefficient (Wildman–Crippen LogP) is 1.70. The van der Waals surface area contributed by atoms with Gasteiger partial charge in [-0.1, -0.05) is 32.0 Å². The fourth-order valence-electron chi connectivity index (χ4n) is 1.61. The van der Waals surface area contributed by atoms with Crippen LogP contribution in [0.4, 0.5) is 0 Å². The van der Waals surface area contributed by atoms with Crippen LogP contribution in [0.25, 0.3) is 0 Å². The van der Waals surface area contributed by atoms with Crippen molar-refractivity contribution in [3.05, 3.63) is 29.8 Å². The van der Waals surface area contributed by atoms with E-state index in [1.165, 1.54) is 0 Å². The van der Waals surface area contributed by atoms with Crippen LogP contribution in [0.3, 0.4) is 0 Å². The first-order chi connectivity index (χ1) is 8.63. The highest BCUT2D eigenvalue weighted by Crippen LogP contribution is 2.16. The van der Waals surface area contributed by atoms with Gasteiger partial charge in [-0.3, -0.25) is 4.79 Å². The van der Waals surface area contributed by atoms with Crippen molar-refractivity contribution in [3.63, 3.8) is 0 Å². The lowest BCUT2D eigenvalue weighted by molar-refractivity contribution is -0.121. The Morgan fingerprint density at radius 2 is 2.06 bits per heavy atom. The van der Waals surface area contributed by atoms with Gasteiger partial charge >= 0.3 is 0 Å². The van der Waals surface area contributed by atoms with Crippen LogP contribution in [0.15, 0.2) is 24.3 Å². The summed E-state index contributed by atoms with van der Waals surface area (Å²) in [7, 11) is 1.63. The van der Waals surface area contributed by atoms with Crippen LogP contribution in [0.5, 0.6) is 5.75 Å². The van der Waals surface area contributed by atoms with Crippen molar-refractivity contribution in [3.8, 4) is 5.75 Å². The minimum atomic E-state index is 0.0501. The van der Waals surface area contributed by atoms with Crippen LogP contribution in [-0.4, -0.2) is 25.6 Å². The first-order valence-electron chi connectivity index (χ1n) is 6.25. The molecular formula is C14H22N2O2. The lowest BCUT2D eigenvalue weighted by Gasteiger charge is -2.10. The standard InChI is InChI=1S/C14H22N2O2/c1-11(2)15-9-8-14(17)16-10-12-6-4-5-7-13(12)18-3/h4-7,11,15H,8-10H2,1-3H3,(H,16,17). The average Bonchev–Trinajstić information content (AvgIpc) is 2.36. The summed E-state index contributed by atoms with van der Waals surface area (Å²) >= 11 is 0. The highest BCUT2D eigenvalue weighted by Gasteiger charge is 2.04. The molecule has 100 valence electrons. The number of hydrogen-bond donors (Lipinski definition) is 2. The van der Waals surface area contributed by atoms with Crippen molar-refractivity contribution >= 4 is 5.91 Å². The second-order valence-corrected chi connectivity index (χ2v) is 4.45. The first kappa shape index (κ1) is 14.5. The summed E-state index contributed by atoms with van der Waals surface area (Å²) in [6, 6.07) is 8.10. The van der Waals surface area contributed by atoms with Gasteiger partial charge in [-0.25, -0.2) is 0 Å². The van der Waals surface area contributed by atoms with Gasteiger partial charge in [-0.05, 0) is 6.07 Å². The molecule has 0 saturated heterocycles. The van der Waals surface area contributed by atoms with Crippen molar-refractivity contribution in [1.82, 2.24) is 10.6 Å². The minimum absolute atomic E-state index is 0.0501. The summed E-state index contributed by atoms with van der Waals surface area (Å²) in [6.07, 6.45) is 0.493. The Balaban J connectivity index is 2.33. The van der Waals surface area contributed by atoms with Gasteiger partial charge in [0.15, 0.2) is 0 Å². The van der Waals surface area contributed by atoms with E-state index < -0.39 is 0 Å². The third kappa shape index (κ3) is 5.19. The minimum Gasteiger partial charge on any atom is -0.496 e. The van der Waals surface area contributed by atoms with E-state index in [9.17, 15) is 4.79 Å². The summed E-state index contributed by atoms with van der Waals surface area (Å²) in [4.78, 5) is 11.6. The molecule has 1 rings (SSSR count). The number of nitrogens with one attached hydrogen (secondary N) is 2. The highest BCUT2D eigenvalue weighted by molar-refractivity contribution is 5.76. The Labute approximate surface area is 109 Å². The van der Waals surface area contributed by atoms with Crippen molar-refractivity contribution in [1.29, 1.82) is 0 Å². The van der Waals surface area contributed by atoms with Crippen LogP contribution >= 0.6 is 0 Å². The Morgan fingerprint density at radius 3 is 2.72 bits per heavy atom. The molecule has 0 fully saturated rings. The molecule has 0 aliphatic carbocycles. The third-order valence-electron chi connectivity index (χ3n) is 2.57. The molecule has 4 heteroatoms. The summed E-state index contributed by atoms with van der Waals surface area (Å²) in [5.41, 5.74) is 0.991. The number of amides is 1. The number of para-hydroxylation sites is 1. The zero-order valence-electron chi connectivity index (χ0n) is 11.3. The van der Waals surface area contributed by atoms with Gasteiger partial charge in [-0.15, -0.1) is 0 Å². The van der Waals surface area contributed by atoms with E-state index in [4.69, 9.17) is 4.74 Å². The van der Waals surface area contributed by atoms with Crippen molar-refractivity contribution in [2.75, 3.05) is 13.7 Å². The molecule has 4 nitrogen and oxygen atoms in total. The second-order valence-electron chi connectivity index (χ2n) is 4.45. The quantitative estimate of drug-likeness (QED) is 0.774. The largest absolute Gasteiger partial charge is 0.496 e. The average molecular weight is 250 g/mol. The summed E-state index contributed by atoms with van der Waals surface area (Å²) in [5.74, 6) is 0.854. The Kier molecular flexibility index (Phi) is 6.22. The fraction of sp³-hybridized carbons (Fsp3) is 0.500. The molecule has 1 aromatic rings. The van der Waals surface area contributed by atoms with Crippen molar-refractivity contribution < 1.29 is 9.53 Å². The summed E-state index contributed by atoms with van der Waals surface area (Å²) in [6.45, 7) is 5.33. The number of benzene rings is 1. The maximum Gasteiger partial charge on any atom is 0.221 e. The number of carbonyl (C=O) groups is 1. The zero-order valence-corrected chi connectivity index (χ0v) is 11.3. The van der Waals surface area contributed by atoms with E-state index >= 15 is 0 Å². The molecule has 0 unspecified atom stereocenters. The molecule has 0 saturated carbocycles. The van der Waals surface area contributed by atoms with E-state index in [2.05, 4.69) is 24.5 Å². The Morgan fingerprint density at radius 1 is 1.33 bits per heavy atom. The Hall–Kier alpha value is -1.55. The second kappa shape index (κ2) is 7.71. The highest BCUT2D eigenvalue weighted by atomic mass is 16.5. The lowest BCUT2D eigenvalue weighted by Crippen LogP contribution is -2.30. The van der Waals surface area contributed by atoms with Gasteiger partial charge in [0, 0.05) is 31.1 Å². The number of methoxy groups -OCH3 is 1. The van der Waals surface area contributed by atoms with Crippen LogP contribution in [0.1, 0.15) is 25.8 Å². The Bertz CT molecular complexity index is 378. The van der Waals surface area contributed by atoms with Crippen LogP contribution < -0.4 is 15.4 Å².